The number of amides is 1. The fraction of sp³-hybridized carbons (Fsp3) is 0.286. The van der Waals surface area contributed by atoms with Crippen LogP contribution in [0.4, 0.5) is 5.69 Å². The fourth-order valence-corrected chi connectivity index (χ4v) is 1.90. The van der Waals surface area contributed by atoms with Crippen LogP contribution in [0.5, 0.6) is 0 Å². The fourth-order valence-electron chi connectivity index (χ4n) is 1.68. The summed E-state index contributed by atoms with van der Waals surface area (Å²) in [5.41, 5.74) is 1.43. The second kappa shape index (κ2) is 5.36. The summed E-state index contributed by atoms with van der Waals surface area (Å²) in [5, 5.41) is 4.39. The van der Waals surface area contributed by atoms with Gasteiger partial charge in [-0.05, 0) is 30.7 Å². The van der Waals surface area contributed by atoms with E-state index in [-0.39, 0.29) is 11.8 Å². The summed E-state index contributed by atoms with van der Waals surface area (Å²) in [5.74, 6) is -0.00813. The molecule has 1 heterocycles. The number of hydrogen-bond acceptors (Lipinski definition) is 2. The van der Waals surface area contributed by atoms with Crippen LogP contribution < -0.4 is 5.32 Å². The minimum Gasteiger partial charge on any atom is -0.324 e. The van der Waals surface area contributed by atoms with Gasteiger partial charge in [0.25, 0.3) is 0 Å². The quantitative estimate of drug-likeness (QED) is 0.912. The Balaban J connectivity index is 2.40. The summed E-state index contributed by atoms with van der Waals surface area (Å²) in [7, 11) is 0. The Kier molecular flexibility index (Phi) is 3.82. The van der Waals surface area contributed by atoms with E-state index in [1.54, 1.807) is 18.3 Å². The lowest BCUT2D eigenvalue weighted by molar-refractivity contribution is -0.119. The van der Waals surface area contributed by atoms with Crippen LogP contribution in [0.15, 0.2) is 30.5 Å². The van der Waals surface area contributed by atoms with Crippen LogP contribution in [0, 0.1) is 5.92 Å². The lowest BCUT2D eigenvalue weighted by Crippen LogP contribution is -2.19. The zero-order valence-electron chi connectivity index (χ0n) is 10.4. The number of hydrogen-bond donors (Lipinski definition) is 1. The van der Waals surface area contributed by atoms with Crippen molar-refractivity contribution in [3.05, 3.63) is 35.5 Å². The average molecular weight is 263 g/mol. The van der Waals surface area contributed by atoms with E-state index in [2.05, 4.69) is 10.3 Å². The van der Waals surface area contributed by atoms with E-state index in [1.807, 2.05) is 26.0 Å². The number of carbonyl (C=O) groups excluding carboxylic acids is 1. The van der Waals surface area contributed by atoms with Crippen molar-refractivity contribution in [2.45, 2.75) is 20.3 Å². The van der Waals surface area contributed by atoms with Crippen LogP contribution in [0.1, 0.15) is 20.3 Å². The van der Waals surface area contributed by atoms with Crippen molar-refractivity contribution in [1.82, 2.24) is 4.98 Å². The average Bonchev–Trinajstić information content (AvgIpc) is 2.41. The maximum absolute atomic E-state index is 11.9. The number of anilines is 1. The molecule has 1 atom stereocenters. The van der Waals surface area contributed by atoms with Crippen LogP contribution >= 0.6 is 11.6 Å². The molecule has 0 fully saturated rings. The smallest absolute Gasteiger partial charge is 0.227 e. The molecule has 3 nitrogen and oxygen atoms in total. The number of nitrogens with one attached hydrogen (secondary N) is 1. The van der Waals surface area contributed by atoms with E-state index < -0.39 is 0 Å². The molecule has 0 aliphatic carbocycles. The van der Waals surface area contributed by atoms with Gasteiger partial charge in [-0.15, -0.1) is 0 Å². The first-order valence-electron chi connectivity index (χ1n) is 5.97. The first kappa shape index (κ1) is 12.8. The standard InChI is InChI=1S/C14H15ClN2O/c1-3-9(2)14(18)17-12-7-6-11(15)10-5-4-8-16-13(10)12/h4-9H,3H2,1-2H3,(H,17,18). The second-order valence-corrected chi connectivity index (χ2v) is 4.70. The molecular weight excluding hydrogens is 248 g/mol. The normalized spacial score (nSPS) is 12.4. The van der Waals surface area contributed by atoms with E-state index >= 15 is 0 Å². The van der Waals surface area contributed by atoms with E-state index in [0.717, 1.165) is 17.3 Å². The van der Waals surface area contributed by atoms with Crippen molar-refractivity contribution in [2.24, 2.45) is 5.92 Å². The van der Waals surface area contributed by atoms with Gasteiger partial charge in [-0.2, -0.15) is 0 Å². The molecule has 0 radical (unpaired) electrons. The van der Waals surface area contributed by atoms with Crippen LogP contribution in [0.25, 0.3) is 10.9 Å². The number of aromatic nitrogens is 1. The molecule has 0 saturated carbocycles. The van der Waals surface area contributed by atoms with Crippen LogP contribution in [0.2, 0.25) is 5.02 Å². The number of nitrogens with zero attached hydrogens (tertiary/aromatic N) is 1. The highest BCUT2D eigenvalue weighted by atomic mass is 35.5. The molecule has 1 unspecified atom stereocenters. The Morgan fingerprint density at radius 1 is 1.44 bits per heavy atom. The van der Waals surface area contributed by atoms with Crippen molar-refractivity contribution in [3.63, 3.8) is 0 Å². The molecular formula is C14H15ClN2O. The predicted octanol–water partition coefficient (Wildman–Crippen LogP) is 3.87. The van der Waals surface area contributed by atoms with Gasteiger partial charge in [-0.3, -0.25) is 9.78 Å². The summed E-state index contributed by atoms with van der Waals surface area (Å²) in [6, 6.07) is 7.29. The van der Waals surface area contributed by atoms with E-state index in [4.69, 9.17) is 11.6 Å². The molecule has 0 saturated heterocycles. The zero-order chi connectivity index (χ0) is 13.1. The van der Waals surface area contributed by atoms with Crippen molar-refractivity contribution >= 4 is 34.1 Å². The lowest BCUT2D eigenvalue weighted by atomic mass is 10.1. The van der Waals surface area contributed by atoms with Crippen molar-refractivity contribution < 1.29 is 4.79 Å². The molecule has 4 heteroatoms. The van der Waals surface area contributed by atoms with Gasteiger partial charge in [0.1, 0.15) is 0 Å². The second-order valence-electron chi connectivity index (χ2n) is 4.29. The van der Waals surface area contributed by atoms with Gasteiger partial charge >= 0.3 is 0 Å². The van der Waals surface area contributed by atoms with Gasteiger partial charge < -0.3 is 5.32 Å². The lowest BCUT2D eigenvalue weighted by Gasteiger charge is -2.12. The molecule has 0 spiro atoms. The predicted molar refractivity (Wildman–Crippen MR) is 74.8 cm³/mol. The first-order chi connectivity index (χ1) is 8.63. The Hall–Kier alpha value is -1.61. The van der Waals surface area contributed by atoms with E-state index in [1.165, 1.54) is 0 Å². The van der Waals surface area contributed by atoms with Crippen LogP contribution in [-0.2, 0) is 4.79 Å². The van der Waals surface area contributed by atoms with E-state index in [9.17, 15) is 4.79 Å². The highest BCUT2D eigenvalue weighted by Crippen LogP contribution is 2.28. The van der Waals surface area contributed by atoms with Crippen LogP contribution in [0.3, 0.4) is 0 Å². The molecule has 2 rings (SSSR count). The van der Waals surface area contributed by atoms with Gasteiger partial charge in [0.15, 0.2) is 0 Å². The summed E-state index contributed by atoms with van der Waals surface area (Å²) in [4.78, 5) is 16.2. The molecule has 0 aliphatic rings. The number of halogens is 1. The number of rotatable bonds is 3. The first-order valence-corrected chi connectivity index (χ1v) is 6.35. The van der Waals surface area contributed by atoms with Crippen molar-refractivity contribution in [1.29, 1.82) is 0 Å². The van der Waals surface area contributed by atoms with Crippen molar-refractivity contribution in [3.8, 4) is 0 Å². The summed E-state index contributed by atoms with van der Waals surface area (Å²) >= 11 is 6.10. The molecule has 1 aromatic carbocycles. The molecule has 94 valence electrons. The Labute approximate surface area is 111 Å². The monoisotopic (exact) mass is 262 g/mol. The van der Waals surface area contributed by atoms with Gasteiger partial charge in [-0.25, -0.2) is 0 Å². The molecule has 0 bridgehead atoms. The Bertz CT molecular complexity index is 583. The van der Waals surface area contributed by atoms with Gasteiger partial charge in [-0.1, -0.05) is 25.4 Å². The highest BCUT2D eigenvalue weighted by molar-refractivity contribution is 6.35. The molecule has 1 amide bonds. The summed E-state index contributed by atoms with van der Waals surface area (Å²) < 4.78 is 0. The Morgan fingerprint density at radius 2 is 2.22 bits per heavy atom. The summed E-state index contributed by atoms with van der Waals surface area (Å²) in [6.07, 6.45) is 2.50. The third-order valence-corrected chi connectivity index (χ3v) is 3.36. The van der Waals surface area contributed by atoms with Gasteiger partial charge in [0.05, 0.1) is 16.2 Å². The van der Waals surface area contributed by atoms with Gasteiger partial charge in [0, 0.05) is 17.5 Å². The minimum absolute atomic E-state index is 0.00627. The van der Waals surface area contributed by atoms with Gasteiger partial charge in [0.2, 0.25) is 5.91 Å². The third-order valence-electron chi connectivity index (χ3n) is 3.03. The molecule has 1 N–H and O–H groups in total. The van der Waals surface area contributed by atoms with Crippen LogP contribution in [-0.4, -0.2) is 10.9 Å². The molecule has 18 heavy (non-hydrogen) atoms. The maximum Gasteiger partial charge on any atom is 0.227 e. The number of benzene rings is 1. The molecule has 2 aromatic rings. The number of carbonyl (C=O) groups is 1. The zero-order valence-corrected chi connectivity index (χ0v) is 11.2. The summed E-state index contributed by atoms with van der Waals surface area (Å²) in [6.45, 7) is 3.89. The maximum atomic E-state index is 11.9. The highest BCUT2D eigenvalue weighted by Gasteiger charge is 2.13. The van der Waals surface area contributed by atoms with Crippen molar-refractivity contribution in [2.75, 3.05) is 5.32 Å². The SMILES string of the molecule is CCC(C)C(=O)Nc1ccc(Cl)c2cccnc12. The molecule has 0 aliphatic heterocycles. The molecule has 1 aromatic heterocycles. The van der Waals surface area contributed by atoms with E-state index in [0.29, 0.717) is 10.7 Å². The Morgan fingerprint density at radius 3 is 2.94 bits per heavy atom. The number of fused-ring (bicyclic) bond motifs is 1. The third kappa shape index (κ3) is 2.46. The minimum atomic E-state index is -0.0144. The number of pyridine rings is 1. The largest absolute Gasteiger partial charge is 0.324 e. The topological polar surface area (TPSA) is 42.0 Å².